The summed E-state index contributed by atoms with van der Waals surface area (Å²) in [6.45, 7) is 2.17. The fourth-order valence-corrected chi connectivity index (χ4v) is 12.4. The van der Waals surface area contributed by atoms with E-state index in [0.29, 0.717) is 0 Å². The minimum Gasteiger partial charge on any atom is -0.481 e. The zero-order valence-corrected chi connectivity index (χ0v) is 34.3. The molecule has 7 heteroatoms. The van der Waals surface area contributed by atoms with Crippen molar-refractivity contribution in [2.45, 2.75) is 13.8 Å². The minimum absolute atomic E-state index is 0. The molecule has 8 rings (SSSR count). The zero-order chi connectivity index (χ0) is 37.9. The van der Waals surface area contributed by atoms with Gasteiger partial charge in [-0.3, -0.25) is 9.59 Å². The molecule has 0 aliphatic carbocycles. The zero-order valence-electron chi connectivity index (χ0n) is 30.5. The molecule has 0 amide bonds. The standard InChI is InChI=1S/C44H32P2.2C2H4O2.Ru/c1-5-19-35(20-6-1)45(36-21-7-2-8-22-36)41-31-29-33-17-13-15-27-39(33)43(41)44-40-28-16-14-18-34(40)30-32-42(44)46(37-23-9-3-10-24-37)38-25-11-4-12-26-38;2*1-2(3)4;/h1-32H;2*1H3,(H,3,4);/p+2. The Hall–Kier alpha value is -5.30. The third kappa shape index (κ3) is 10.1. The van der Waals surface area contributed by atoms with Gasteiger partial charge in [0.2, 0.25) is 0 Å². The number of carboxylic acids is 2. The summed E-state index contributed by atoms with van der Waals surface area (Å²) in [5.41, 5.74) is 2.75. The van der Waals surface area contributed by atoms with Crippen molar-refractivity contribution in [2.75, 3.05) is 0 Å². The first kappa shape index (κ1) is 40.9. The van der Waals surface area contributed by atoms with Crippen LogP contribution < -0.4 is 31.8 Å². The van der Waals surface area contributed by atoms with E-state index in [2.05, 4.69) is 194 Å². The molecular formula is C48H42O4P2Ru+2. The molecule has 8 aromatic rings. The SMILES string of the molecule is CC(=O)O.CC(=O)O.[Ru].c1ccc([PH+](c2ccccc2)c2ccc3ccccc3c2-c2c([PH+](c3ccccc3)c3ccccc3)ccc3ccccc23)cc1. The normalized spacial score (nSPS) is 10.5. The van der Waals surface area contributed by atoms with Crippen molar-refractivity contribution in [3.05, 3.63) is 194 Å². The molecule has 0 aromatic heterocycles. The molecular weight excluding hydrogens is 804 g/mol. The van der Waals surface area contributed by atoms with Crippen LogP contribution in [0.3, 0.4) is 0 Å². The van der Waals surface area contributed by atoms with Gasteiger partial charge in [-0.25, -0.2) is 0 Å². The summed E-state index contributed by atoms with van der Waals surface area (Å²) in [5, 5.41) is 28.5. The van der Waals surface area contributed by atoms with Crippen LogP contribution in [0.25, 0.3) is 32.7 Å². The van der Waals surface area contributed by atoms with E-state index in [1.165, 1.54) is 64.5 Å². The summed E-state index contributed by atoms with van der Waals surface area (Å²) >= 11 is 0. The van der Waals surface area contributed by atoms with Crippen LogP contribution in [-0.2, 0) is 29.1 Å². The van der Waals surface area contributed by atoms with Crippen LogP contribution >= 0.6 is 15.8 Å². The first-order chi connectivity index (χ1) is 26.3. The predicted molar refractivity (Wildman–Crippen MR) is 234 cm³/mol. The molecule has 0 atom stereocenters. The van der Waals surface area contributed by atoms with Crippen molar-refractivity contribution in [3.8, 4) is 11.1 Å². The molecule has 4 nitrogen and oxygen atoms in total. The second kappa shape index (κ2) is 19.9. The first-order valence-corrected chi connectivity index (χ1v) is 20.7. The molecule has 0 aliphatic heterocycles. The van der Waals surface area contributed by atoms with Crippen LogP contribution in [0.4, 0.5) is 0 Å². The van der Waals surface area contributed by atoms with E-state index in [1.807, 2.05) is 0 Å². The van der Waals surface area contributed by atoms with Crippen LogP contribution in [0.15, 0.2) is 194 Å². The average Bonchev–Trinajstić information content (AvgIpc) is 3.19. The van der Waals surface area contributed by atoms with Gasteiger partial charge in [-0.15, -0.1) is 0 Å². The van der Waals surface area contributed by atoms with E-state index in [4.69, 9.17) is 19.8 Å². The Kier molecular flexibility index (Phi) is 14.8. The molecule has 2 N–H and O–H groups in total. The van der Waals surface area contributed by atoms with Crippen LogP contribution in [0.1, 0.15) is 13.8 Å². The molecule has 0 fully saturated rings. The second-order valence-electron chi connectivity index (χ2n) is 12.7. The monoisotopic (exact) mass is 846 g/mol. The Bertz CT molecular complexity index is 2220. The minimum atomic E-state index is -1.37. The maximum atomic E-state index is 9.00. The third-order valence-corrected chi connectivity index (χ3v) is 14.4. The maximum absolute atomic E-state index is 9.00. The van der Waals surface area contributed by atoms with Gasteiger partial charge < -0.3 is 10.2 Å². The van der Waals surface area contributed by atoms with E-state index in [-0.39, 0.29) is 19.5 Å². The van der Waals surface area contributed by atoms with Gasteiger partial charge in [-0.1, -0.05) is 133 Å². The first-order valence-electron chi connectivity index (χ1n) is 17.7. The fraction of sp³-hybridized carbons (Fsp3) is 0.0417. The Morgan fingerprint density at radius 3 is 0.873 bits per heavy atom. The van der Waals surface area contributed by atoms with Crippen LogP contribution in [0.2, 0.25) is 0 Å². The molecule has 0 saturated carbocycles. The topological polar surface area (TPSA) is 74.6 Å². The van der Waals surface area contributed by atoms with Crippen LogP contribution in [0, 0.1) is 0 Å². The molecule has 0 saturated heterocycles. The molecule has 0 heterocycles. The number of carboxylic acid groups (broad SMARTS) is 2. The van der Waals surface area contributed by atoms with Crippen molar-refractivity contribution in [2.24, 2.45) is 0 Å². The summed E-state index contributed by atoms with van der Waals surface area (Å²) < 4.78 is 0. The Balaban J connectivity index is 0.000000591. The van der Waals surface area contributed by atoms with Crippen LogP contribution in [0.5, 0.6) is 0 Å². The molecule has 0 spiro atoms. The van der Waals surface area contributed by atoms with Crippen molar-refractivity contribution in [3.63, 3.8) is 0 Å². The fourth-order valence-electron chi connectivity index (χ4n) is 6.87. The van der Waals surface area contributed by atoms with E-state index in [9.17, 15) is 0 Å². The van der Waals surface area contributed by atoms with E-state index in [0.717, 1.165) is 13.8 Å². The molecule has 0 aliphatic rings. The van der Waals surface area contributed by atoms with Gasteiger partial charge in [0, 0.05) is 44.5 Å². The van der Waals surface area contributed by atoms with Crippen molar-refractivity contribution < 1.29 is 39.3 Å². The quantitative estimate of drug-likeness (QED) is 0.124. The van der Waals surface area contributed by atoms with Crippen molar-refractivity contribution >= 4 is 81.2 Å². The van der Waals surface area contributed by atoms with Gasteiger partial charge >= 0.3 is 0 Å². The van der Waals surface area contributed by atoms with Gasteiger partial charge in [0.15, 0.2) is 0 Å². The molecule has 0 unspecified atom stereocenters. The molecule has 0 bridgehead atoms. The van der Waals surface area contributed by atoms with Gasteiger partial charge in [0.1, 0.15) is 31.8 Å². The summed E-state index contributed by atoms with van der Waals surface area (Å²) in [6, 6.07) is 72.2. The van der Waals surface area contributed by atoms with Gasteiger partial charge in [-0.2, -0.15) is 0 Å². The molecule has 274 valence electrons. The molecule has 8 aromatic carbocycles. The van der Waals surface area contributed by atoms with Gasteiger partial charge in [0.25, 0.3) is 11.9 Å². The average molecular weight is 846 g/mol. The number of fused-ring (bicyclic) bond motifs is 2. The predicted octanol–water partition coefficient (Wildman–Crippen LogP) is 8.82. The van der Waals surface area contributed by atoms with Crippen molar-refractivity contribution in [1.29, 1.82) is 0 Å². The number of aliphatic carboxylic acids is 2. The molecule has 0 radical (unpaired) electrons. The van der Waals surface area contributed by atoms with E-state index < -0.39 is 27.8 Å². The smallest absolute Gasteiger partial charge is 0.300 e. The summed E-state index contributed by atoms with van der Waals surface area (Å²) in [6.07, 6.45) is 0. The second-order valence-corrected chi connectivity index (χ2v) is 17.6. The number of hydrogen-bond donors (Lipinski definition) is 2. The number of carbonyl (C=O) groups is 2. The summed E-state index contributed by atoms with van der Waals surface area (Å²) in [7, 11) is -2.74. The Morgan fingerprint density at radius 1 is 0.364 bits per heavy atom. The maximum Gasteiger partial charge on any atom is 0.300 e. The summed E-state index contributed by atoms with van der Waals surface area (Å²) in [4.78, 5) is 18.0. The molecule has 55 heavy (non-hydrogen) atoms. The Labute approximate surface area is 337 Å². The van der Waals surface area contributed by atoms with E-state index >= 15 is 0 Å². The summed E-state index contributed by atoms with van der Waals surface area (Å²) in [5.74, 6) is -1.67. The van der Waals surface area contributed by atoms with Gasteiger partial charge in [0.05, 0.1) is 15.8 Å². The van der Waals surface area contributed by atoms with Crippen molar-refractivity contribution in [1.82, 2.24) is 0 Å². The third-order valence-electron chi connectivity index (χ3n) is 8.90. The van der Waals surface area contributed by atoms with Gasteiger partial charge in [-0.05, 0) is 82.2 Å². The Morgan fingerprint density at radius 2 is 0.600 bits per heavy atom. The number of rotatable bonds is 7. The number of hydrogen-bond acceptors (Lipinski definition) is 2. The number of benzene rings is 8. The van der Waals surface area contributed by atoms with E-state index in [1.54, 1.807) is 0 Å². The largest absolute Gasteiger partial charge is 0.481 e. The van der Waals surface area contributed by atoms with Crippen LogP contribution in [-0.4, -0.2) is 22.2 Å².